The van der Waals surface area contributed by atoms with Gasteiger partial charge in [0.15, 0.2) is 0 Å². The fraction of sp³-hybridized carbons (Fsp3) is 0.647. The maximum atomic E-state index is 5.80. The van der Waals surface area contributed by atoms with Crippen LogP contribution in [-0.4, -0.2) is 19.2 Å². The van der Waals surface area contributed by atoms with Gasteiger partial charge in [0.05, 0.1) is 0 Å². The summed E-state index contributed by atoms with van der Waals surface area (Å²) in [6.45, 7) is 12.9. The van der Waals surface area contributed by atoms with E-state index in [2.05, 4.69) is 64.2 Å². The Morgan fingerprint density at radius 1 is 1.16 bits per heavy atom. The molecule has 1 unspecified atom stereocenters. The van der Waals surface area contributed by atoms with Gasteiger partial charge in [-0.3, -0.25) is 0 Å². The van der Waals surface area contributed by atoms with Gasteiger partial charge in [0.2, 0.25) is 0 Å². The van der Waals surface area contributed by atoms with E-state index in [1.807, 2.05) is 0 Å². The highest BCUT2D eigenvalue weighted by atomic mass is 16.5. The molecule has 0 saturated heterocycles. The normalized spacial score (nSPS) is 13.3. The first-order valence-corrected chi connectivity index (χ1v) is 7.46. The predicted octanol–water partition coefficient (Wildman–Crippen LogP) is 4.14. The molecule has 2 nitrogen and oxygen atoms in total. The van der Waals surface area contributed by atoms with Crippen LogP contribution in [0.3, 0.4) is 0 Å². The van der Waals surface area contributed by atoms with Crippen molar-refractivity contribution >= 4 is 0 Å². The molecular formula is C17H29NO. The second-order valence-electron chi connectivity index (χ2n) is 5.93. The molecule has 0 aliphatic carbocycles. The maximum absolute atomic E-state index is 5.80. The second-order valence-corrected chi connectivity index (χ2v) is 5.93. The van der Waals surface area contributed by atoms with Crippen LogP contribution in [0.2, 0.25) is 0 Å². The van der Waals surface area contributed by atoms with Gasteiger partial charge < -0.3 is 10.1 Å². The summed E-state index contributed by atoms with van der Waals surface area (Å²) >= 11 is 0. The van der Waals surface area contributed by atoms with E-state index in [4.69, 9.17) is 4.74 Å². The summed E-state index contributed by atoms with van der Waals surface area (Å²) in [6, 6.07) is 8.93. The lowest BCUT2D eigenvalue weighted by Gasteiger charge is -2.23. The van der Waals surface area contributed by atoms with E-state index in [0.29, 0.717) is 6.04 Å². The van der Waals surface area contributed by atoms with Crippen molar-refractivity contribution in [1.82, 2.24) is 5.32 Å². The van der Waals surface area contributed by atoms with E-state index < -0.39 is 0 Å². The first-order valence-electron chi connectivity index (χ1n) is 7.46. The van der Waals surface area contributed by atoms with Gasteiger partial charge in [-0.2, -0.15) is 0 Å². The first kappa shape index (κ1) is 16.0. The molecule has 0 saturated carbocycles. The zero-order chi connectivity index (χ0) is 14.3. The molecule has 0 fully saturated rings. The Hall–Kier alpha value is -1.02. The highest BCUT2D eigenvalue weighted by Crippen LogP contribution is 2.27. The minimum absolute atomic E-state index is 0.245. The molecule has 1 N–H and O–H groups in total. The van der Waals surface area contributed by atoms with Crippen molar-refractivity contribution in [3.63, 3.8) is 0 Å². The van der Waals surface area contributed by atoms with Crippen molar-refractivity contribution in [1.29, 1.82) is 0 Å². The fourth-order valence-electron chi connectivity index (χ4n) is 1.88. The Balaban J connectivity index is 2.49. The van der Waals surface area contributed by atoms with Crippen LogP contribution in [0, 0.1) is 0 Å². The van der Waals surface area contributed by atoms with Crippen molar-refractivity contribution in [2.24, 2.45) is 0 Å². The van der Waals surface area contributed by atoms with Crippen LogP contribution < -0.4 is 10.1 Å². The van der Waals surface area contributed by atoms with Crippen LogP contribution in [0.5, 0.6) is 5.75 Å². The van der Waals surface area contributed by atoms with Crippen molar-refractivity contribution in [3.8, 4) is 5.75 Å². The lowest BCUT2D eigenvalue weighted by Crippen LogP contribution is -2.32. The Morgan fingerprint density at radius 3 is 2.32 bits per heavy atom. The molecule has 1 aromatic rings. The van der Waals surface area contributed by atoms with Gasteiger partial charge in [0, 0.05) is 6.04 Å². The van der Waals surface area contributed by atoms with Gasteiger partial charge in [-0.1, -0.05) is 39.8 Å². The van der Waals surface area contributed by atoms with Gasteiger partial charge in [0.25, 0.3) is 0 Å². The Kier molecular flexibility index (Phi) is 6.36. The molecule has 0 radical (unpaired) electrons. The average molecular weight is 263 g/mol. The third kappa shape index (κ3) is 5.23. The number of benzene rings is 1. The van der Waals surface area contributed by atoms with Gasteiger partial charge in [-0.25, -0.2) is 0 Å². The quantitative estimate of drug-likeness (QED) is 0.761. The number of hydrogen-bond donors (Lipinski definition) is 1. The monoisotopic (exact) mass is 263 g/mol. The molecule has 0 heterocycles. The average Bonchev–Trinajstić information content (AvgIpc) is 2.43. The van der Waals surface area contributed by atoms with Crippen molar-refractivity contribution in [3.05, 3.63) is 29.8 Å². The summed E-state index contributed by atoms with van der Waals surface area (Å²) in [4.78, 5) is 0. The standard InChI is InChI=1S/C17H29NO/c1-6-12-18-14(3)13-19-16-10-8-15(9-11-16)17(4,5)7-2/h8-11,14,18H,6-7,12-13H2,1-5H3. The van der Waals surface area contributed by atoms with Crippen LogP contribution >= 0.6 is 0 Å². The summed E-state index contributed by atoms with van der Waals surface area (Å²) in [5.41, 5.74) is 1.62. The lowest BCUT2D eigenvalue weighted by molar-refractivity contribution is 0.273. The van der Waals surface area contributed by atoms with E-state index in [1.54, 1.807) is 0 Å². The highest BCUT2D eigenvalue weighted by molar-refractivity contribution is 5.31. The number of hydrogen-bond acceptors (Lipinski definition) is 2. The molecule has 0 amide bonds. The first-order chi connectivity index (χ1) is 8.99. The molecule has 19 heavy (non-hydrogen) atoms. The number of ether oxygens (including phenoxy) is 1. The molecule has 0 aromatic heterocycles. The van der Waals surface area contributed by atoms with Crippen molar-refractivity contribution in [2.45, 2.75) is 58.9 Å². The van der Waals surface area contributed by atoms with Gasteiger partial charge in [-0.15, -0.1) is 0 Å². The topological polar surface area (TPSA) is 21.3 Å². The Morgan fingerprint density at radius 2 is 1.79 bits per heavy atom. The van der Waals surface area contributed by atoms with E-state index in [1.165, 1.54) is 5.56 Å². The predicted molar refractivity (Wildman–Crippen MR) is 83.0 cm³/mol. The third-order valence-electron chi connectivity index (χ3n) is 3.76. The van der Waals surface area contributed by atoms with Gasteiger partial charge >= 0.3 is 0 Å². The summed E-state index contributed by atoms with van der Waals surface area (Å²) in [5.74, 6) is 0.959. The van der Waals surface area contributed by atoms with E-state index in [9.17, 15) is 0 Å². The van der Waals surface area contributed by atoms with Crippen LogP contribution in [0.25, 0.3) is 0 Å². The summed E-state index contributed by atoms with van der Waals surface area (Å²) in [7, 11) is 0. The second kappa shape index (κ2) is 7.54. The number of rotatable bonds is 8. The molecule has 2 heteroatoms. The smallest absolute Gasteiger partial charge is 0.119 e. The molecule has 1 atom stereocenters. The summed E-state index contributed by atoms with van der Waals surface area (Å²) < 4.78 is 5.80. The Bertz CT molecular complexity index is 356. The summed E-state index contributed by atoms with van der Waals surface area (Å²) in [6.07, 6.45) is 2.30. The van der Waals surface area contributed by atoms with E-state index >= 15 is 0 Å². The molecular weight excluding hydrogens is 234 g/mol. The van der Waals surface area contributed by atoms with Crippen LogP contribution in [0.4, 0.5) is 0 Å². The number of nitrogens with one attached hydrogen (secondary N) is 1. The molecule has 0 aliphatic heterocycles. The maximum Gasteiger partial charge on any atom is 0.119 e. The van der Waals surface area contributed by atoms with E-state index in [0.717, 1.165) is 31.7 Å². The zero-order valence-corrected chi connectivity index (χ0v) is 13.1. The minimum Gasteiger partial charge on any atom is -0.492 e. The Labute approximate surface area is 118 Å². The fourth-order valence-corrected chi connectivity index (χ4v) is 1.88. The van der Waals surface area contributed by atoms with Crippen molar-refractivity contribution in [2.75, 3.05) is 13.2 Å². The van der Waals surface area contributed by atoms with E-state index in [-0.39, 0.29) is 5.41 Å². The minimum atomic E-state index is 0.245. The zero-order valence-electron chi connectivity index (χ0n) is 13.1. The van der Waals surface area contributed by atoms with Crippen LogP contribution in [0.1, 0.15) is 53.0 Å². The van der Waals surface area contributed by atoms with Gasteiger partial charge in [-0.05, 0) is 49.4 Å². The highest BCUT2D eigenvalue weighted by Gasteiger charge is 2.17. The molecule has 1 aromatic carbocycles. The molecule has 0 bridgehead atoms. The lowest BCUT2D eigenvalue weighted by atomic mass is 9.82. The third-order valence-corrected chi connectivity index (χ3v) is 3.76. The molecule has 0 aliphatic rings. The molecule has 0 spiro atoms. The largest absolute Gasteiger partial charge is 0.492 e. The summed E-state index contributed by atoms with van der Waals surface area (Å²) in [5, 5.41) is 3.42. The molecule has 108 valence electrons. The SMILES string of the molecule is CCCNC(C)COc1ccc(C(C)(C)CC)cc1. The van der Waals surface area contributed by atoms with Crippen LogP contribution in [0.15, 0.2) is 24.3 Å². The van der Waals surface area contributed by atoms with Crippen molar-refractivity contribution < 1.29 is 4.74 Å². The van der Waals surface area contributed by atoms with Gasteiger partial charge in [0.1, 0.15) is 12.4 Å². The van der Waals surface area contributed by atoms with Crippen LogP contribution in [-0.2, 0) is 5.41 Å². The molecule has 1 rings (SSSR count).